The van der Waals surface area contributed by atoms with Crippen molar-refractivity contribution >= 4 is 32.3 Å². The number of pyridine rings is 1. The van der Waals surface area contributed by atoms with Crippen LogP contribution in [0.25, 0.3) is 22.2 Å². The zero-order chi connectivity index (χ0) is 21.5. The normalized spacial score (nSPS) is 11.7. The van der Waals surface area contributed by atoms with Crippen LogP contribution >= 0.6 is 11.6 Å². The number of imidazole rings is 1. The SMILES string of the molecule is COc1nc2ccc(-c3cncn3C)cc2c(Cl)c1Cc1ccc(S(C)(=O)=O)cc1. The predicted molar refractivity (Wildman–Crippen MR) is 118 cm³/mol. The lowest BCUT2D eigenvalue weighted by Crippen LogP contribution is -2.01. The third-order valence-corrected chi connectivity index (χ3v) is 6.58. The average Bonchev–Trinajstić information content (AvgIpc) is 3.15. The molecule has 4 aromatic rings. The maximum atomic E-state index is 11.7. The summed E-state index contributed by atoms with van der Waals surface area (Å²) < 4.78 is 30.8. The average molecular weight is 442 g/mol. The summed E-state index contributed by atoms with van der Waals surface area (Å²) in [6.07, 6.45) is 5.20. The van der Waals surface area contributed by atoms with Gasteiger partial charge >= 0.3 is 0 Å². The highest BCUT2D eigenvalue weighted by molar-refractivity contribution is 7.90. The van der Waals surface area contributed by atoms with Gasteiger partial charge in [0.2, 0.25) is 5.88 Å². The lowest BCUT2D eigenvalue weighted by molar-refractivity contribution is 0.395. The molecule has 0 spiro atoms. The van der Waals surface area contributed by atoms with Gasteiger partial charge in [-0.05, 0) is 29.8 Å². The van der Waals surface area contributed by atoms with Crippen LogP contribution in [0.2, 0.25) is 5.02 Å². The molecule has 6 nitrogen and oxygen atoms in total. The third-order valence-electron chi connectivity index (χ3n) is 5.02. The Kier molecular flexibility index (Phi) is 5.26. The van der Waals surface area contributed by atoms with Crippen LogP contribution in [0.15, 0.2) is 59.9 Å². The van der Waals surface area contributed by atoms with Gasteiger partial charge in [0.15, 0.2) is 9.84 Å². The molecule has 0 unspecified atom stereocenters. The molecule has 2 heterocycles. The number of aromatic nitrogens is 3. The second kappa shape index (κ2) is 7.74. The van der Waals surface area contributed by atoms with E-state index in [4.69, 9.17) is 16.3 Å². The summed E-state index contributed by atoms with van der Waals surface area (Å²) in [5, 5.41) is 1.38. The second-order valence-electron chi connectivity index (χ2n) is 7.13. The Labute approximate surface area is 180 Å². The van der Waals surface area contributed by atoms with Gasteiger partial charge in [-0.15, -0.1) is 0 Å². The number of sulfone groups is 1. The Bertz CT molecular complexity index is 1350. The van der Waals surface area contributed by atoms with Gasteiger partial charge in [-0.2, -0.15) is 0 Å². The van der Waals surface area contributed by atoms with Crippen molar-refractivity contribution in [3.05, 3.63) is 71.1 Å². The molecule has 0 bridgehead atoms. The summed E-state index contributed by atoms with van der Waals surface area (Å²) >= 11 is 6.81. The highest BCUT2D eigenvalue weighted by Gasteiger charge is 2.17. The van der Waals surface area contributed by atoms with Crippen LogP contribution in [0, 0.1) is 0 Å². The molecule has 0 saturated carbocycles. The number of aryl methyl sites for hydroxylation is 1. The summed E-state index contributed by atoms with van der Waals surface area (Å²) in [6, 6.07) is 12.6. The van der Waals surface area contributed by atoms with E-state index in [0.717, 1.165) is 33.3 Å². The summed E-state index contributed by atoms with van der Waals surface area (Å²) in [6.45, 7) is 0. The van der Waals surface area contributed by atoms with Crippen molar-refractivity contribution in [1.29, 1.82) is 0 Å². The van der Waals surface area contributed by atoms with Crippen molar-refractivity contribution in [2.75, 3.05) is 13.4 Å². The predicted octanol–water partition coefficient (Wildman–Crippen LogP) is 4.29. The first-order chi connectivity index (χ1) is 14.3. The molecule has 154 valence electrons. The number of fused-ring (bicyclic) bond motifs is 1. The van der Waals surface area contributed by atoms with Crippen LogP contribution in [0.4, 0.5) is 0 Å². The van der Waals surface area contributed by atoms with Crippen LogP contribution in [-0.2, 0) is 23.3 Å². The van der Waals surface area contributed by atoms with E-state index in [1.165, 1.54) is 6.26 Å². The van der Waals surface area contributed by atoms with Gasteiger partial charge in [0.05, 0.1) is 40.8 Å². The molecule has 0 fully saturated rings. The third kappa shape index (κ3) is 3.78. The zero-order valence-corrected chi connectivity index (χ0v) is 18.3. The summed E-state index contributed by atoms with van der Waals surface area (Å²) in [5.41, 5.74) is 4.35. The van der Waals surface area contributed by atoms with Gasteiger partial charge in [-0.3, -0.25) is 0 Å². The molecule has 4 rings (SSSR count). The topological polar surface area (TPSA) is 74.1 Å². The maximum absolute atomic E-state index is 11.7. The molecule has 0 radical (unpaired) electrons. The van der Waals surface area contributed by atoms with Gasteiger partial charge < -0.3 is 9.30 Å². The highest BCUT2D eigenvalue weighted by Crippen LogP contribution is 2.36. The van der Waals surface area contributed by atoms with Gasteiger partial charge in [0.1, 0.15) is 0 Å². The van der Waals surface area contributed by atoms with Crippen LogP contribution in [0.5, 0.6) is 5.88 Å². The Morgan fingerprint density at radius 1 is 1.13 bits per heavy atom. The Morgan fingerprint density at radius 3 is 2.47 bits per heavy atom. The summed E-state index contributed by atoms with van der Waals surface area (Å²) in [4.78, 5) is 9.08. The molecule has 30 heavy (non-hydrogen) atoms. The number of nitrogens with zero attached hydrogens (tertiary/aromatic N) is 3. The molecule has 0 atom stereocenters. The number of halogens is 1. The molecule has 0 aliphatic rings. The number of hydrogen-bond donors (Lipinski definition) is 0. The molecule has 8 heteroatoms. The highest BCUT2D eigenvalue weighted by atomic mass is 35.5. The van der Waals surface area contributed by atoms with Crippen LogP contribution in [0.1, 0.15) is 11.1 Å². The number of hydrogen-bond acceptors (Lipinski definition) is 5. The van der Waals surface area contributed by atoms with Crippen molar-refractivity contribution < 1.29 is 13.2 Å². The first kappa shape index (κ1) is 20.4. The fourth-order valence-electron chi connectivity index (χ4n) is 3.42. The van der Waals surface area contributed by atoms with Crippen molar-refractivity contribution in [1.82, 2.24) is 14.5 Å². The Morgan fingerprint density at radius 2 is 1.87 bits per heavy atom. The van der Waals surface area contributed by atoms with E-state index < -0.39 is 9.84 Å². The number of benzene rings is 2. The Hall–Kier alpha value is -2.90. The summed E-state index contributed by atoms with van der Waals surface area (Å²) in [7, 11) is 0.254. The van der Waals surface area contributed by atoms with Gasteiger partial charge in [-0.25, -0.2) is 18.4 Å². The fourth-order valence-corrected chi connectivity index (χ4v) is 4.35. The van der Waals surface area contributed by atoms with E-state index in [2.05, 4.69) is 9.97 Å². The minimum absolute atomic E-state index is 0.279. The first-order valence-electron chi connectivity index (χ1n) is 9.19. The molecule has 0 aliphatic heterocycles. The lowest BCUT2D eigenvalue weighted by Gasteiger charge is -2.14. The number of rotatable bonds is 5. The lowest BCUT2D eigenvalue weighted by atomic mass is 10.0. The van der Waals surface area contributed by atoms with Crippen molar-refractivity contribution in [2.45, 2.75) is 11.3 Å². The minimum Gasteiger partial charge on any atom is -0.481 e. The molecule has 0 N–H and O–H groups in total. The molecular weight excluding hydrogens is 422 g/mol. The molecule has 2 aromatic heterocycles. The number of methoxy groups -OCH3 is 1. The largest absolute Gasteiger partial charge is 0.481 e. The van der Waals surface area contributed by atoms with Crippen molar-refractivity contribution in [2.24, 2.45) is 7.05 Å². The van der Waals surface area contributed by atoms with Gasteiger partial charge in [0, 0.05) is 36.2 Å². The van der Waals surface area contributed by atoms with E-state index in [-0.39, 0.29) is 4.90 Å². The van der Waals surface area contributed by atoms with E-state index in [1.54, 1.807) is 43.9 Å². The second-order valence-corrected chi connectivity index (χ2v) is 9.52. The molecular formula is C22H20ClN3O3S. The molecule has 0 aliphatic carbocycles. The molecule has 0 saturated heterocycles. The van der Waals surface area contributed by atoms with Gasteiger partial charge in [-0.1, -0.05) is 29.8 Å². The van der Waals surface area contributed by atoms with Crippen molar-refractivity contribution in [3.8, 4) is 17.1 Å². The zero-order valence-electron chi connectivity index (χ0n) is 16.8. The smallest absolute Gasteiger partial charge is 0.218 e. The van der Waals surface area contributed by atoms with E-state index >= 15 is 0 Å². The van der Waals surface area contributed by atoms with Crippen LogP contribution < -0.4 is 4.74 Å². The number of ether oxygens (including phenoxy) is 1. The van der Waals surface area contributed by atoms with Crippen LogP contribution in [0.3, 0.4) is 0 Å². The van der Waals surface area contributed by atoms with E-state index in [0.29, 0.717) is 17.3 Å². The summed E-state index contributed by atoms with van der Waals surface area (Å²) in [5.74, 6) is 0.452. The first-order valence-corrected chi connectivity index (χ1v) is 11.5. The van der Waals surface area contributed by atoms with Crippen LogP contribution in [-0.4, -0.2) is 36.3 Å². The fraction of sp³-hybridized carbons (Fsp3) is 0.182. The minimum atomic E-state index is -3.24. The Balaban J connectivity index is 1.80. The van der Waals surface area contributed by atoms with Gasteiger partial charge in [0.25, 0.3) is 0 Å². The molecule has 0 amide bonds. The monoisotopic (exact) mass is 441 g/mol. The standard InChI is InChI=1S/C22H20ClN3O3S/c1-26-13-24-12-20(26)15-6-9-19-17(11-15)21(23)18(22(25-19)29-2)10-14-4-7-16(8-5-14)30(3,27)28/h4-9,11-13H,10H2,1-3H3. The maximum Gasteiger partial charge on any atom is 0.218 e. The van der Waals surface area contributed by atoms with E-state index in [9.17, 15) is 8.42 Å². The molecule has 2 aromatic carbocycles. The van der Waals surface area contributed by atoms with Crippen molar-refractivity contribution in [3.63, 3.8) is 0 Å². The quantitative estimate of drug-likeness (QED) is 0.461. The van der Waals surface area contributed by atoms with E-state index in [1.807, 2.05) is 29.8 Å².